The average Bonchev–Trinajstić information content (AvgIpc) is 2.62. The molecule has 0 bridgehead atoms. The highest BCUT2D eigenvalue weighted by Crippen LogP contribution is 2.26. The van der Waals surface area contributed by atoms with Gasteiger partial charge in [-0.1, -0.05) is 36.2 Å². The van der Waals surface area contributed by atoms with Crippen LogP contribution in [-0.2, 0) is 11.3 Å². The van der Waals surface area contributed by atoms with Crippen LogP contribution in [0.2, 0.25) is 10.0 Å². The van der Waals surface area contributed by atoms with Gasteiger partial charge >= 0.3 is 0 Å². The fourth-order valence-electron chi connectivity index (χ4n) is 2.52. The molecule has 0 N–H and O–H groups in total. The molecule has 2 aromatic rings. The number of hydrogen-bond acceptors (Lipinski definition) is 5. The highest BCUT2D eigenvalue weighted by Gasteiger charge is 2.20. The standard InChI is InChI=1S/C17H19Cl2N3O2/c1-2-12-10-22(6-7-23-12)17-20-8-13(9-21-17)24-11-14-15(18)4-3-5-16(14)19/h3-5,8-9,12H,2,6-7,10-11H2,1H3. The van der Waals surface area contributed by atoms with Crippen LogP contribution < -0.4 is 9.64 Å². The van der Waals surface area contributed by atoms with Gasteiger partial charge in [-0.3, -0.25) is 0 Å². The lowest BCUT2D eigenvalue weighted by Gasteiger charge is -2.32. The lowest BCUT2D eigenvalue weighted by Crippen LogP contribution is -2.43. The van der Waals surface area contributed by atoms with E-state index in [1.165, 1.54) is 0 Å². The second-order valence-corrected chi connectivity index (χ2v) is 6.37. The third-order valence-corrected chi connectivity index (χ3v) is 4.64. The molecule has 1 saturated heterocycles. The molecule has 1 aliphatic heterocycles. The number of hydrogen-bond donors (Lipinski definition) is 0. The van der Waals surface area contributed by atoms with E-state index in [0.29, 0.717) is 28.3 Å². The first kappa shape index (κ1) is 17.3. The van der Waals surface area contributed by atoms with Crippen molar-refractivity contribution in [3.8, 4) is 5.75 Å². The van der Waals surface area contributed by atoms with Gasteiger partial charge in [0, 0.05) is 28.7 Å². The molecule has 0 spiro atoms. The first-order valence-corrected chi connectivity index (χ1v) is 8.67. The van der Waals surface area contributed by atoms with Crippen molar-refractivity contribution in [2.75, 3.05) is 24.6 Å². The smallest absolute Gasteiger partial charge is 0.225 e. The number of anilines is 1. The summed E-state index contributed by atoms with van der Waals surface area (Å²) in [6.07, 6.45) is 4.56. The molecule has 1 atom stereocenters. The fraction of sp³-hybridized carbons (Fsp3) is 0.412. The Morgan fingerprint density at radius 2 is 1.96 bits per heavy atom. The molecule has 1 aromatic carbocycles. The number of aromatic nitrogens is 2. The molecule has 5 nitrogen and oxygen atoms in total. The summed E-state index contributed by atoms with van der Waals surface area (Å²) in [7, 11) is 0. The predicted octanol–water partition coefficient (Wildman–Crippen LogP) is 3.98. The van der Waals surface area contributed by atoms with Crippen molar-refractivity contribution in [1.82, 2.24) is 9.97 Å². The zero-order valence-electron chi connectivity index (χ0n) is 13.4. The molecule has 2 heterocycles. The summed E-state index contributed by atoms with van der Waals surface area (Å²) in [6, 6.07) is 5.38. The molecule has 1 fully saturated rings. The van der Waals surface area contributed by atoms with Gasteiger partial charge in [-0.15, -0.1) is 0 Å². The minimum atomic E-state index is 0.237. The highest BCUT2D eigenvalue weighted by molar-refractivity contribution is 6.35. The van der Waals surface area contributed by atoms with Crippen LogP contribution in [-0.4, -0.2) is 35.8 Å². The Balaban J connectivity index is 1.62. The van der Waals surface area contributed by atoms with Crippen molar-refractivity contribution in [1.29, 1.82) is 0 Å². The Morgan fingerprint density at radius 3 is 2.62 bits per heavy atom. The van der Waals surface area contributed by atoms with Gasteiger partial charge in [0.05, 0.1) is 25.1 Å². The van der Waals surface area contributed by atoms with E-state index in [-0.39, 0.29) is 12.7 Å². The van der Waals surface area contributed by atoms with Crippen molar-refractivity contribution in [3.05, 3.63) is 46.2 Å². The molecule has 0 radical (unpaired) electrons. The third-order valence-electron chi connectivity index (χ3n) is 3.94. The maximum absolute atomic E-state index is 6.14. The van der Waals surface area contributed by atoms with Crippen LogP contribution in [0.25, 0.3) is 0 Å². The van der Waals surface area contributed by atoms with Gasteiger partial charge in [-0.05, 0) is 18.6 Å². The second-order valence-electron chi connectivity index (χ2n) is 5.55. The van der Waals surface area contributed by atoms with E-state index in [1.807, 2.05) is 0 Å². The number of halogens is 2. The van der Waals surface area contributed by atoms with E-state index in [4.69, 9.17) is 32.7 Å². The Labute approximate surface area is 151 Å². The maximum Gasteiger partial charge on any atom is 0.225 e. The molecule has 0 amide bonds. The first-order chi connectivity index (χ1) is 11.7. The number of ether oxygens (including phenoxy) is 2. The molecule has 1 aliphatic rings. The lowest BCUT2D eigenvalue weighted by molar-refractivity contribution is 0.0378. The van der Waals surface area contributed by atoms with Gasteiger partial charge in [0.15, 0.2) is 5.75 Å². The van der Waals surface area contributed by atoms with E-state index in [1.54, 1.807) is 30.6 Å². The summed E-state index contributed by atoms with van der Waals surface area (Å²) >= 11 is 12.3. The summed E-state index contributed by atoms with van der Waals surface area (Å²) in [6.45, 7) is 4.70. The van der Waals surface area contributed by atoms with Crippen molar-refractivity contribution < 1.29 is 9.47 Å². The minimum absolute atomic E-state index is 0.237. The quantitative estimate of drug-likeness (QED) is 0.799. The molecule has 1 aromatic heterocycles. The van der Waals surface area contributed by atoms with Gasteiger partial charge in [0.2, 0.25) is 5.95 Å². The summed E-state index contributed by atoms with van der Waals surface area (Å²) in [5, 5.41) is 1.16. The molecular weight excluding hydrogens is 349 g/mol. The highest BCUT2D eigenvalue weighted by atomic mass is 35.5. The zero-order valence-corrected chi connectivity index (χ0v) is 14.9. The van der Waals surface area contributed by atoms with Crippen LogP contribution in [0, 0.1) is 0 Å². The van der Waals surface area contributed by atoms with Crippen LogP contribution in [0.1, 0.15) is 18.9 Å². The van der Waals surface area contributed by atoms with E-state index in [2.05, 4.69) is 21.8 Å². The summed E-state index contributed by atoms with van der Waals surface area (Å²) in [4.78, 5) is 10.9. The van der Waals surface area contributed by atoms with Gasteiger partial charge in [0.25, 0.3) is 0 Å². The zero-order chi connectivity index (χ0) is 16.9. The number of morpholine rings is 1. The number of rotatable bonds is 5. The van der Waals surface area contributed by atoms with Crippen molar-refractivity contribution in [2.45, 2.75) is 26.1 Å². The average molecular weight is 368 g/mol. The van der Waals surface area contributed by atoms with E-state index in [0.717, 1.165) is 25.1 Å². The summed E-state index contributed by atoms with van der Waals surface area (Å²) in [5.74, 6) is 1.27. The van der Waals surface area contributed by atoms with Gasteiger partial charge in [-0.25, -0.2) is 9.97 Å². The van der Waals surface area contributed by atoms with E-state index in [9.17, 15) is 0 Å². The van der Waals surface area contributed by atoms with Crippen LogP contribution in [0.5, 0.6) is 5.75 Å². The second kappa shape index (κ2) is 8.01. The summed E-state index contributed by atoms with van der Waals surface area (Å²) < 4.78 is 11.4. The van der Waals surface area contributed by atoms with Crippen molar-refractivity contribution >= 4 is 29.2 Å². The maximum atomic E-state index is 6.14. The van der Waals surface area contributed by atoms with Gasteiger partial charge < -0.3 is 14.4 Å². The van der Waals surface area contributed by atoms with Crippen molar-refractivity contribution in [3.63, 3.8) is 0 Å². The van der Waals surface area contributed by atoms with E-state index < -0.39 is 0 Å². The lowest BCUT2D eigenvalue weighted by atomic mass is 10.2. The Kier molecular flexibility index (Phi) is 5.76. The Bertz CT molecular complexity index is 662. The van der Waals surface area contributed by atoms with Crippen LogP contribution in [0.4, 0.5) is 5.95 Å². The van der Waals surface area contributed by atoms with Gasteiger partial charge in [0.1, 0.15) is 6.61 Å². The first-order valence-electron chi connectivity index (χ1n) is 7.91. The monoisotopic (exact) mass is 367 g/mol. The molecular formula is C17H19Cl2N3O2. The Hall–Kier alpha value is -1.56. The SMILES string of the molecule is CCC1CN(c2ncc(OCc3c(Cl)cccc3Cl)cn2)CCO1. The molecule has 24 heavy (non-hydrogen) atoms. The van der Waals surface area contributed by atoms with Crippen LogP contribution in [0.15, 0.2) is 30.6 Å². The summed E-state index contributed by atoms with van der Waals surface area (Å²) in [5.41, 5.74) is 0.754. The Morgan fingerprint density at radius 1 is 1.25 bits per heavy atom. The van der Waals surface area contributed by atoms with E-state index >= 15 is 0 Å². The molecule has 3 rings (SSSR count). The molecule has 0 aliphatic carbocycles. The minimum Gasteiger partial charge on any atom is -0.486 e. The number of nitrogens with zero attached hydrogens (tertiary/aromatic N) is 3. The normalized spacial score (nSPS) is 17.8. The van der Waals surface area contributed by atoms with Crippen molar-refractivity contribution in [2.24, 2.45) is 0 Å². The largest absolute Gasteiger partial charge is 0.486 e. The predicted molar refractivity (Wildman–Crippen MR) is 95.1 cm³/mol. The molecule has 1 unspecified atom stereocenters. The molecule has 128 valence electrons. The topological polar surface area (TPSA) is 47.5 Å². The number of benzene rings is 1. The fourth-order valence-corrected chi connectivity index (χ4v) is 3.03. The molecule has 0 saturated carbocycles. The van der Waals surface area contributed by atoms with Gasteiger partial charge in [-0.2, -0.15) is 0 Å². The third kappa shape index (κ3) is 4.09. The van der Waals surface area contributed by atoms with Crippen LogP contribution >= 0.6 is 23.2 Å². The molecule has 7 heteroatoms. The van der Waals surface area contributed by atoms with Crippen LogP contribution in [0.3, 0.4) is 0 Å².